The molecule has 7 nitrogen and oxygen atoms in total. The van der Waals surface area contributed by atoms with Crippen molar-refractivity contribution in [3.05, 3.63) is 94.9 Å². The monoisotopic (exact) mass is 461 g/mol. The van der Waals surface area contributed by atoms with Gasteiger partial charge in [-0.3, -0.25) is 14.3 Å². The van der Waals surface area contributed by atoms with Crippen molar-refractivity contribution in [3.8, 4) is 0 Å². The number of nitrogens with zero attached hydrogens (tertiary/aromatic N) is 1. The highest BCUT2D eigenvalue weighted by atomic mass is 32.2. The zero-order chi connectivity index (χ0) is 22.3. The summed E-state index contributed by atoms with van der Waals surface area (Å²) >= 11 is 1.11. The average molecular weight is 462 g/mol. The molecule has 1 aromatic heterocycles. The van der Waals surface area contributed by atoms with Gasteiger partial charge in [-0.2, -0.15) is 5.10 Å². The Morgan fingerprint density at radius 3 is 2.28 bits per heavy atom. The summed E-state index contributed by atoms with van der Waals surface area (Å²) in [6.07, 6.45) is 0. The molecule has 0 radical (unpaired) electrons. The number of nitrogens with one attached hydrogen (secondary N) is 2. The predicted molar refractivity (Wildman–Crippen MR) is 124 cm³/mol. The van der Waals surface area contributed by atoms with E-state index in [0.717, 1.165) is 22.1 Å². The molecule has 0 saturated heterocycles. The molecule has 5 rings (SSSR count). The van der Waals surface area contributed by atoms with Crippen LogP contribution in [0.2, 0.25) is 0 Å². The molecule has 0 saturated carbocycles. The van der Waals surface area contributed by atoms with Gasteiger partial charge in [-0.1, -0.05) is 42.5 Å². The minimum Gasteiger partial charge on any atom is -0.287 e. The third-order valence-corrected chi connectivity index (χ3v) is 7.83. The van der Waals surface area contributed by atoms with Gasteiger partial charge in [0.25, 0.3) is 15.9 Å². The van der Waals surface area contributed by atoms with Crippen LogP contribution in [0.25, 0.3) is 10.8 Å². The summed E-state index contributed by atoms with van der Waals surface area (Å²) in [7, 11) is -3.67. The van der Waals surface area contributed by atoms with E-state index in [4.69, 9.17) is 0 Å². The van der Waals surface area contributed by atoms with Crippen LogP contribution in [0.1, 0.15) is 26.3 Å². The Balaban J connectivity index is 1.34. The van der Waals surface area contributed by atoms with Gasteiger partial charge in [0.2, 0.25) is 5.78 Å². The molecular formula is C23H15N3O4S2. The Morgan fingerprint density at radius 1 is 0.875 bits per heavy atom. The molecule has 0 unspecified atom stereocenters. The van der Waals surface area contributed by atoms with Crippen molar-refractivity contribution in [2.75, 3.05) is 4.72 Å². The molecule has 0 spiro atoms. The van der Waals surface area contributed by atoms with Crippen LogP contribution in [0, 0.1) is 0 Å². The SMILES string of the molecule is O=C(NN=C1C(=O)c2cccc3cccc1c23)c1ccc(NS(=O)(=O)c2cccs2)cc1. The van der Waals surface area contributed by atoms with Crippen LogP contribution in [-0.4, -0.2) is 25.8 Å². The summed E-state index contributed by atoms with van der Waals surface area (Å²) in [5.74, 6) is -0.753. The molecule has 0 fully saturated rings. The molecule has 1 aliphatic rings. The fraction of sp³-hybridized carbons (Fsp3) is 0. The van der Waals surface area contributed by atoms with Gasteiger partial charge in [-0.05, 0) is 41.1 Å². The van der Waals surface area contributed by atoms with Gasteiger partial charge in [0, 0.05) is 27.8 Å². The van der Waals surface area contributed by atoms with Crippen LogP contribution in [0.4, 0.5) is 5.69 Å². The van der Waals surface area contributed by atoms with Crippen molar-refractivity contribution in [3.63, 3.8) is 0 Å². The summed E-state index contributed by atoms with van der Waals surface area (Å²) < 4.78 is 27.3. The Morgan fingerprint density at radius 2 is 1.59 bits per heavy atom. The molecule has 9 heteroatoms. The second kappa shape index (κ2) is 7.70. The number of anilines is 1. The van der Waals surface area contributed by atoms with Crippen molar-refractivity contribution < 1.29 is 18.0 Å². The largest absolute Gasteiger partial charge is 0.287 e. The topological polar surface area (TPSA) is 105 Å². The number of hydrogen-bond acceptors (Lipinski definition) is 6. The Bertz CT molecular complexity index is 1500. The van der Waals surface area contributed by atoms with Crippen molar-refractivity contribution >= 4 is 55.2 Å². The van der Waals surface area contributed by atoms with E-state index in [1.165, 1.54) is 30.3 Å². The maximum atomic E-state index is 12.8. The zero-order valence-corrected chi connectivity index (χ0v) is 18.0. The molecule has 158 valence electrons. The average Bonchev–Trinajstić information content (AvgIpc) is 3.43. The second-order valence-corrected chi connectivity index (χ2v) is 9.91. The molecule has 1 heterocycles. The van der Waals surface area contributed by atoms with Gasteiger partial charge < -0.3 is 0 Å². The van der Waals surface area contributed by atoms with E-state index < -0.39 is 15.9 Å². The number of ketones is 1. The molecule has 0 aliphatic heterocycles. The van der Waals surface area contributed by atoms with Gasteiger partial charge in [0.05, 0.1) is 0 Å². The minimum absolute atomic E-state index is 0.186. The number of amides is 1. The summed E-state index contributed by atoms with van der Waals surface area (Å²) in [5.41, 5.74) is 4.46. The van der Waals surface area contributed by atoms with Crippen LogP contribution in [-0.2, 0) is 10.0 Å². The normalized spacial score (nSPS) is 14.1. The van der Waals surface area contributed by atoms with Crippen LogP contribution in [0.3, 0.4) is 0 Å². The number of benzene rings is 3. The quantitative estimate of drug-likeness (QED) is 0.438. The van der Waals surface area contributed by atoms with Gasteiger partial charge >= 0.3 is 0 Å². The first kappa shape index (κ1) is 20.1. The first-order valence-electron chi connectivity index (χ1n) is 9.55. The summed E-state index contributed by atoms with van der Waals surface area (Å²) in [6.45, 7) is 0. The number of carbonyl (C=O) groups excluding carboxylic acids is 2. The van der Waals surface area contributed by atoms with E-state index in [0.29, 0.717) is 16.8 Å². The molecule has 1 amide bonds. The number of sulfonamides is 1. The first-order valence-corrected chi connectivity index (χ1v) is 11.9. The van der Waals surface area contributed by atoms with E-state index in [1.54, 1.807) is 23.6 Å². The molecule has 0 atom stereocenters. The molecule has 32 heavy (non-hydrogen) atoms. The van der Waals surface area contributed by atoms with Crippen molar-refractivity contribution in [2.45, 2.75) is 4.21 Å². The van der Waals surface area contributed by atoms with Crippen molar-refractivity contribution in [2.24, 2.45) is 5.10 Å². The van der Waals surface area contributed by atoms with Crippen LogP contribution in [0.5, 0.6) is 0 Å². The van der Waals surface area contributed by atoms with Gasteiger partial charge in [-0.15, -0.1) is 11.3 Å². The number of hydrazone groups is 1. The van der Waals surface area contributed by atoms with E-state index in [2.05, 4.69) is 15.2 Å². The number of carbonyl (C=O) groups is 2. The maximum absolute atomic E-state index is 12.8. The van der Waals surface area contributed by atoms with Crippen molar-refractivity contribution in [1.29, 1.82) is 0 Å². The predicted octanol–water partition coefficient (Wildman–Crippen LogP) is 4.03. The van der Waals surface area contributed by atoms with E-state index in [1.807, 2.05) is 24.3 Å². The number of rotatable bonds is 5. The Kier molecular flexibility index (Phi) is 4.84. The number of thiophene rings is 1. The zero-order valence-electron chi connectivity index (χ0n) is 16.4. The van der Waals surface area contributed by atoms with E-state index >= 15 is 0 Å². The Labute approximate surface area is 187 Å². The lowest BCUT2D eigenvalue weighted by atomic mass is 10.1. The third-order valence-electron chi connectivity index (χ3n) is 5.05. The van der Waals surface area contributed by atoms with E-state index in [-0.39, 0.29) is 21.3 Å². The molecule has 0 bridgehead atoms. The molecule has 1 aliphatic carbocycles. The lowest BCUT2D eigenvalue weighted by Gasteiger charge is -2.07. The fourth-order valence-corrected chi connectivity index (χ4v) is 5.62. The summed E-state index contributed by atoms with van der Waals surface area (Å²) in [6, 6.07) is 20.2. The highest BCUT2D eigenvalue weighted by molar-refractivity contribution is 7.94. The van der Waals surface area contributed by atoms with Crippen LogP contribution < -0.4 is 10.1 Å². The highest BCUT2D eigenvalue weighted by Gasteiger charge is 2.29. The molecule has 2 N–H and O–H groups in total. The second-order valence-electron chi connectivity index (χ2n) is 7.05. The van der Waals surface area contributed by atoms with Crippen LogP contribution in [0.15, 0.2) is 87.5 Å². The lowest BCUT2D eigenvalue weighted by molar-refractivity contribution is 0.0955. The summed E-state index contributed by atoms with van der Waals surface area (Å²) in [5, 5.41) is 7.54. The van der Waals surface area contributed by atoms with Gasteiger partial charge in [0.15, 0.2) is 0 Å². The fourth-order valence-electron chi connectivity index (χ4n) is 3.57. The highest BCUT2D eigenvalue weighted by Crippen LogP contribution is 2.30. The van der Waals surface area contributed by atoms with Gasteiger partial charge in [-0.25, -0.2) is 13.8 Å². The number of hydrogen-bond donors (Lipinski definition) is 2. The van der Waals surface area contributed by atoms with Gasteiger partial charge in [0.1, 0.15) is 9.92 Å². The smallest absolute Gasteiger partial charge is 0.271 e. The summed E-state index contributed by atoms with van der Waals surface area (Å²) in [4.78, 5) is 25.3. The van der Waals surface area contributed by atoms with Crippen molar-refractivity contribution in [1.82, 2.24) is 5.43 Å². The maximum Gasteiger partial charge on any atom is 0.271 e. The third kappa shape index (κ3) is 3.47. The first-order chi connectivity index (χ1) is 15.4. The number of Topliss-reactive ketones (excluding diaryl/α,β-unsaturated/α-hetero) is 1. The molecule has 4 aromatic rings. The lowest BCUT2D eigenvalue weighted by Crippen LogP contribution is -2.22. The van der Waals surface area contributed by atoms with Crippen LogP contribution >= 0.6 is 11.3 Å². The minimum atomic E-state index is -3.67. The molecule has 3 aromatic carbocycles. The standard InChI is InChI=1S/C23H15N3O4S2/c27-22-18-7-2-5-14-4-1-6-17(20(14)18)21(22)24-25-23(28)15-9-11-16(12-10-15)26-32(29,30)19-8-3-13-31-19/h1-13,26H,(H,25,28). The molecular weight excluding hydrogens is 446 g/mol. The van der Waals surface area contributed by atoms with E-state index in [9.17, 15) is 18.0 Å². The Hall–Kier alpha value is -3.82.